The molecule has 1 aromatic heterocycles. The first-order valence-electron chi connectivity index (χ1n) is 9.56. The minimum absolute atomic E-state index is 0.0286. The van der Waals surface area contributed by atoms with Gasteiger partial charge in [-0.05, 0) is 65.5 Å². The van der Waals surface area contributed by atoms with Crippen LogP contribution in [0.25, 0.3) is 11.0 Å². The van der Waals surface area contributed by atoms with E-state index >= 15 is 0 Å². The number of fused-ring (bicyclic) bond motifs is 1. The van der Waals surface area contributed by atoms with Crippen LogP contribution in [0.2, 0.25) is 0 Å². The van der Waals surface area contributed by atoms with Crippen molar-refractivity contribution in [1.29, 1.82) is 0 Å². The summed E-state index contributed by atoms with van der Waals surface area (Å²) in [6.45, 7) is 8.49. The van der Waals surface area contributed by atoms with E-state index in [4.69, 9.17) is 4.42 Å². The number of hydrogen-bond donors (Lipinski definition) is 1. The Balaban J connectivity index is 1.97. The first-order chi connectivity index (χ1) is 12.9. The monoisotopic (exact) mass is 366 g/mol. The van der Waals surface area contributed by atoms with Gasteiger partial charge in [-0.3, -0.25) is 0 Å². The molecule has 0 atom stereocenters. The Morgan fingerprint density at radius 2 is 1.59 bits per heavy atom. The summed E-state index contributed by atoms with van der Waals surface area (Å²) in [7, 11) is 0. The summed E-state index contributed by atoms with van der Waals surface area (Å²) in [4.78, 5) is 12.1. The predicted molar refractivity (Wildman–Crippen MR) is 113 cm³/mol. The molecule has 0 spiro atoms. The Labute approximate surface area is 161 Å². The number of allylic oxidation sites excluding steroid dienone is 6. The van der Waals surface area contributed by atoms with Gasteiger partial charge in [0.25, 0.3) is 0 Å². The van der Waals surface area contributed by atoms with Crippen LogP contribution in [0.4, 0.5) is 0 Å². The lowest BCUT2D eigenvalue weighted by atomic mass is 10.0. The summed E-state index contributed by atoms with van der Waals surface area (Å²) < 4.78 is 5.31. The van der Waals surface area contributed by atoms with Crippen molar-refractivity contribution in [3.05, 3.63) is 75.2 Å². The normalized spacial score (nSPS) is 12.4. The third kappa shape index (κ3) is 6.28. The average Bonchev–Trinajstić information content (AvgIpc) is 2.61. The summed E-state index contributed by atoms with van der Waals surface area (Å²) >= 11 is 0. The zero-order valence-corrected chi connectivity index (χ0v) is 16.8. The molecule has 2 aromatic rings. The molecule has 0 aliphatic heterocycles. The van der Waals surface area contributed by atoms with Gasteiger partial charge in [0.1, 0.15) is 11.3 Å². The molecule has 0 unspecified atom stereocenters. The molecule has 1 heterocycles. The second-order valence-electron chi connectivity index (χ2n) is 7.38. The lowest BCUT2D eigenvalue weighted by molar-refractivity contribution is 0.459. The topological polar surface area (TPSA) is 50.4 Å². The van der Waals surface area contributed by atoms with Gasteiger partial charge in [-0.15, -0.1) is 0 Å². The molecule has 0 saturated heterocycles. The lowest BCUT2D eigenvalue weighted by Crippen LogP contribution is -2.07. The third-order valence-corrected chi connectivity index (χ3v) is 4.65. The van der Waals surface area contributed by atoms with Crippen LogP contribution in [0, 0.1) is 0 Å². The second-order valence-corrected chi connectivity index (χ2v) is 7.38. The van der Waals surface area contributed by atoms with E-state index in [-0.39, 0.29) is 5.75 Å². The number of rotatable bonds is 8. The van der Waals surface area contributed by atoms with E-state index in [1.54, 1.807) is 18.2 Å². The Morgan fingerprint density at radius 1 is 0.963 bits per heavy atom. The van der Waals surface area contributed by atoms with E-state index in [1.807, 2.05) is 12.1 Å². The smallest absolute Gasteiger partial charge is 0.343 e. The van der Waals surface area contributed by atoms with Crippen molar-refractivity contribution in [2.75, 3.05) is 0 Å². The molecule has 0 aliphatic rings. The van der Waals surface area contributed by atoms with Gasteiger partial charge in [-0.2, -0.15) is 0 Å². The summed E-state index contributed by atoms with van der Waals surface area (Å²) in [5.41, 5.74) is 4.25. The molecule has 27 heavy (non-hydrogen) atoms. The number of benzene rings is 1. The summed E-state index contributed by atoms with van der Waals surface area (Å²) in [6.07, 6.45) is 11.1. The van der Waals surface area contributed by atoms with Gasteiger partial charge in [0.15, 0.2) is 0 Å². The Bertz CT molecular complexity index is 922. The summed E-state index contributed by atoms with van der Waals surface area (Å²) in [5.74, 6) is 0.0286. The first kappa shape index (κ1) is 20.8. The molecular formula is C24H30O3. The fourth-order valence-corrected chi connectivity index (χ4v) is 2.97. The van der Waals surface area contributed by atoms with Crippen molar-refractivity contribution in [3.8, 4) is 5.75 Å². The van der Waals surface area contributed by atoms with Gasteiger partial charge in [0.05, 0.1) is 10.9 Å². The molecule has 0 aliphatic carbocycles. The van der Waals surface area contributed by atoms with Gasteiger partial charge in [-0.1, -0.05) is 47.1 Å². The molecule has 3 heteroatoms. The quantitative estimate of drug-likeness (QED) is 0.431. The highest BCUT2D eigenvalue weighted by Gasteiger charge is 2.12. The maximum atomic E-state index is 12.1. The minimum atomic E-state index is -0.467. The molecule has 0 radical (unpaired) electrons. The molecule has 0 amide bonds. The fraction of sp³-hybridized carbons (Fsp3) is 0.375. The molecule has 0 fully saturated rings. The van der Waals surface area contributed by atoms with E-state index in [1.165, 1.54) is 16.7 Å². The maximum Gasteiger partial charge on any atom is 0.343 e. The predicted octanol–water partition coefficient (Wildman–Crippen LogP) is 6.46. The Hall–Kier alpha value is -2.55. The zero-order chi connectivity index (χ0) is 19.8. The molecule has 144 valence electrons. The molecule has 0 saturated carbocycles. The highest BCUT2D eigenvalue weighted by atomic mass is 16.4. The van der Waals surface area contributed by atoms with Gasteiger partial charge in [-0.25, -0.2) is 4.79 Å². The van der Waals surface area contributed by atoms with Crippen molar-refractivity contribution in [2.24, 2.45) is 0 Å². The van der Waals surface area contributed by atoms with Crippen LogP contribution >= 0.6 is 0 Å². The van der Waals surface area contributed by atoms with Crippen molar-refractivity contribution in [3.63, 3.8) is 0 Å². The number of hydrogen-bond acceptors (Lipinski definition) is 3. The zero-order valence-electron chi connectivity index (χ0n) is 16.8. The van der Waals surface area contributed by atoms with Gasteiger partial charge >= 0.3 is 5.63 Å². The van der Waals surface area contributed by atoms with Crippen LogP contribution in [-0.2, 0) is 6.42 Å². The third-order valence-electron chi connectivity index (χ3n) is 4.65. The van der Waals surface area contributed by atoms with Crippen molar-refractivity contribution < 1.29 is 9.52 Å². The van der Waals surface area contributed by atoms with E-state index < -0.39 is 5.63 Å². The number of aromatic hydroxyl groups is 1. The Kier molecular flexibility index (Phi) is 7.66. The highest BCUT2D eigenvalue weighted by Crippen LogP contribution is 2.26. The van der Waals surface area contributed by atoms with Crippen LogP contribution in [-0.4, -0.2) is 5.11 Å². The van der Waals surface area contributed by atoms with Crippen molar-refractivity contribution >= 4 is 11.0 Å². The van der Waals surface area contributed by atoms with Crippen molar-refractivity contribution in [1.82, 2.24) is 0 Å². The first-order valence-corrected chi connectivity index (χ1v) is 9.56. The molecule has 2 rings (SSSR count). The summed E-state index contributed by atoms with van der Waals surface area (Å²) in [5, 5.41) is 11.0. The van der Waals surface area contributed by atoms with E-state index in [0.29, 0.717) is 23.0 Å². The maximum absolute atomic E-state index is 12.1. The van der Waals surface area contributed by atoms with Crippen LogP contribution in [0.5, 0.6) is 5.75 Å². The molecular weight excluding hydrogens is 336 g/mol. The highest BCUT2D eigenvalue weighted by molar-refractivity contribution is 5.83. The molecule has 1 N–H and O–H groups in total. The SMILES string of the molecule is CC(C)=CCC/C(C)=C\CC/C(C)=C\Cc1c(O)c2ccccc2oc1=O. The van der Waals surface area contributed by atoms with Crippen LogP contribution in [0.3, 0.4) is 0 Å². The molecule has 1 aromatic carbocycles. The average molecular weight is 367 g/mol. The van der Waals surface area contributed by atoms with Gasteiger partial charge < -0.3 is 9.52 Å². The summed E-state index contributed by atoms with van der Waals surface area (Å²) in [6, 6.07) is 7.05. The minimum Gasteiger partial charge on any atom is -0.507 e. The van der Waals surface area contributed by atoms with Crippen LogP contribution in [0.1, 0.15) is 58.9 Å². The van der Waals surface area contributed by atoms with Gasteiger partial charge in [0, 0.05) is 6.42 Å². The van der Waals surface area contributed by atoms with E-state index in [0.717, 1.165) is 25.7 Å². The van der Waals surface area contributed by atoms with E-state index in [2.05, 4.69) is 39.8 Å². The fourth-order valence-electron chi connectivity index (χ4n) is 2.97. The van der Waals surface area contributed by atoms with Crippen LogP contribution < -0.4 is 5.63 Å². The molecule has 3 nitrogen and oxygen atoms in total. The second kappa shape index (κ2) is 9.96. The Morgan fingerprint density at radius 3 is 2.30 bits per heavy atom. The molecule has 0 bridgehead atoms. The van der Waals surface area contributed by atoms with Crippen LogP contribution in [0.15, 0.2) is 68.4 Å². The van der Waals surface area contributed by atoms with Crippen molar-refractivity contribution in [2.45, 2.75) is 59.8 Å². The van der Waals surface area contributed by atoms with Gasteiger partial charge in [0.2, 0.25) is 0 Å². The van der Waals surface area contributed by atoms with E-state index in [9.17, 15) is 9.90 Å². The number of para-hydroxylation sites is 1. The lowest BCUT2D eigenvalue weighted by Gasteiger charge is -2.05. The standard InChI is InChI=1S/C24H30O3/c1-17(2)9-7-10-18(3)11-8-12-19(4)15-16-21-23(25)20-13-5-6-14-22(20)27-24(21)26/h5-6,9,11,13-15,25H,7-8,10,12,16H2,1-4H3/b18-11-,19-15-. The largest absolute Gasteiger partial charge is 0.507 e.